The maximum Gasteiger partial charge on any atom is 0.303 e. The van der Waals surface area contributed by atoms with Crippen LogP contribution in [0.15, 0.2) is 18.2 Å². The maximum absolute atomic E-state index is 12.8. The summed E-state index contributed by atoms with van der Waals surface area (Å²) in [7, 11) is 0. The van der Waals surface area contributed by atoms with Crippen LogP contribution in [0.5, 0.6) is 0 Å². The molecule has 1 aliphatic rings. The second-order valence-electron chi connectivity index (χ2n) is 8.00. The molecule has 6 nitrogen and oxygen atoms in total. The molecular weight excluding hydrogens is 368 g/mol. The number of carboxylic acid groups (broad SMARTS) is 1. The summed E-state index contributed by atoms with van der Waals surface area (Å²) < 4.78 is 0. The van der Waals surface area contributed by atoms with Crippen molar-refractivity contribution in [3.8, 4) is 0 Å². The number of carbonyl (C=O) groups is 3. The van der Waals surface area contributed by atoms with Crippen molar-refractivity contribution in [3.05, 3.63) is 28.8 Å². The second kappa shape index (κ2) is 8.74. The van der Waals surface area contributed by atoms with E-state index in [1.165, 1.54) is 0 Å². The van der Waals surface area contributed by atoms with E-state index in [9.17, 15) is 14.4 Å². The van der Waals surface area contributed by atoms with Gasteiger partial charge in [-0.3, -0.25) is 14.4 Å². The van der Waals surface area contributed by atoms with Crippen LogP contribution < -0.4 is 5.32 Å². The van der Waals surface area contributed by atoms with Crippen LogP contribution >= 0.6 is 11.6 Å². The molecule has 1 atom stereocenters. The average molecular weight is 395 g/mol. The molecule has 1 unspecified atom stereocenters. The van der Waals surface area contributed by atoms with E-state index in [1.807, 2.05) is 11.8 Å². The number of halogens is 1. The van der Waals surface area contributed by atoms with Crippen molar-refractivity contribution in [1.82, 2.24) is 4.90 Å². The van der Waals surface area contributed by atoms with Gasteiger partial charge < -0.3 is 15.3 Å². The number of likely N-dealkylation sites (tertiary alicyclic amines) is 1. The molecule has 2 amide bonds. The van der Waals surface area contributed by atoms with Gasteiger partial charge in [0.2, 0.25) is 5.91 Å². The van der Waals surface area contributed by atoms with Gasteiger partial charge in [-0.25, -0.2) is 0 Å². The average Bonchev–Trinajstić information content (AvgIpc) is 2.52. The summed E-state index contributed by atoms with van der Waals surface area (Å²) in [5.41, 5.74) is 0.258. The third kappa shape index (κ3) is 5.96. The van der Waals surface area contributed by atoms with Gasteiger partial charge in [-0.1, -0.05) is 25.4 Å². The Morgan fingerprint density at radius 2 is 1.96 bits per heavy atom. The molecule has 1 aromatic rings. The first-order valence-electron chi connectivity index (χ1n) is 9.21. The Bertz CT molecular complexity index is 733. The van der Waals surface area contributed by atoms with Gasteiger partial charge in [0.05, 0.1) is 17.0 Å². The predicted octanol–water partition coefficient (Wildman–Crippen LogP) is 4.18. The highest BCUT2D eigenvalue weighted by atomic mass is 35.5. The van der Waals surface area contributed by atoms with Crippen LogP contribution in [0.25, 0.3) is 0 Å². The fraction of sp³-hybridized carbons (Fsp3) is 0.550. The number of rotatable bonds is 6. The van der Waals surface area contributed by atoms with Crippen molar-refractivity contribution in [2.75, 3.05) is 11.9 Å². The molecule has 0 spiro atoms. The summed E-state index contributed by atoms with van der Waals surface area (Å²) in [5, 5.41) is 11.9. The Morgan fingerprint density at radius 3 is 2.56 bits per heavy atom. The number of amides is 2. The van der Waals surface area contributed by atoms with E-state index in [0.717, 1.165) is 25.8 Å². The molecule has 2 rings (SSSR count). The van der Waals surface area contributed by atoms with Crippen LogP contribution in [-0.4, -0.2) is 40.4 Å². The van der Waals surface area contributed by atoms with E-state index >= 15 is 0 Å². The Hall–Kier alpha value is -2.08. The topological polar surface area (TPSA) is 86.7 Å². The summed E-state index contributed by atoms with van der Waals surface area (Å²) in [6.45, 7) is 6.23. The molecule has 148 valence electrons. The molecule has 1 aromatic carbocycles. The summed E-state index contributed by atoms with van der Waals surface area (Å²) >= 11 is 6.30. The molecule has 1 fully saturated rings. The molecule has 27 heavy (non-hydrogen) atoms. The van der Waals surface area contributed by atoms with E-state index in [-0.39, 0.29) is 30.7 Å². The zero-order chi connectivity index (χ0) is 20.2. The van der Waals surface area contributed by atoms with Crippen molar-refractivity contribution < 1.29 is 19.5 Å². The molecule has 0 aromatic heterocycles. The summed E-state index contributed by atoms with van der Waals surface area (Å²) in [5.74, 6) is -1.32. The molecule has 0 bridgehead atoms. The molecule has 1 heterocycles. The van der Waals surface area contributed by atoms with E-state index < -0.39 is 11.4 Å². The van der Waals surface area contributed by atoms with Crippen molar-refractivity contribution in [1.29, 1.82) is 0 Å². The van der Waals surface area contributed by atoms with Crippen molar-refractivity contribution >= 4 is 35.1 Å². The van der Waals surface area contributed by atoms with Crippen LogP contribution in [-0.2, 0) is 9.59 Å². The molecule has 7 heteroatoms. The fourth-order valence-corrected chi connectivity index (χ4v) is 3.69. The zero-order valence-corrected chi connectivity index (χ0v) is 16.8. The number of nitrogens with zero attached hydrogens (tertiary/aromatic N) is 1. The summed E-state index contributed by atoms with van der Waals surface area (Å²) in [6, 6.07) is 5.03. The van der Waals surface area contributed by atoms with Gasteiger partial charge in [0.1, 0.15) is 0 Å². The molecule has 0 saturated carbocycles. The van der Waals surface area contributed by atoms with Crippen molar-refractivity contribution in [3.63, 3.8) is 0 Å². The minimum absolute atomic E-state index is 0.0723. The van der Waals surface area contributed by atoms with Gasteiger partial charge in [-0.05, 0) is 49.8 Å². The predicted molar refractivity (Wildman–Crippen MR) is 105 cm³/mol. The first kappa shape index (κ1) is 21.2. The largest absolute Gasteiger partial charge is 0.481 e. The van der Waals surface area contributed by atoms with Gasteiger partial charge in [0.15, 0.2) is 0 Å². The fourth-order valence-electron chi connectivity index (χ4n) is 3.43. The Kier molecular flexibility index (Phi) is 6.87. The second-order valence-corrected chi connectivity index (χ2v) is 8.40. The SMILES string of the molecule is CC1CCCCN1C(=O)c1ccc(NC(=O)CC(C)(C)CC(=O)O)cc1Cl. The molecule has 2 N–H and O–H groups in total. The molecule has 0 aliphatic carbocycles. The van der Waals surface area contributed by atoms with Gasteiger partial charge in [0, 0.05) is 24.7 Å². The number of benzene rings is 1. The lowest BCUT2D eigenvalue weighted by Crippen LogP contribution is -2.42. The van der Waals surface area contributed by atoms with Gasteiger partial charge in [-0.15, -0.1) is 0 Å². The van der Waals surface area contributed by atoms with E-state index in [2.05, 4.69) is 5.32 Å². The summed E-state index contributed by atoms with van der Waals surface area (Å²) in [6.07, 6.45) is 3.09. The number of piperidine rings is 1. The van der Waals surface area contributed by atoms with Gasteiger partial charge >= 0.3 is 5.97 Å². The number of nitrogens with one attached hydrogen (secondary N) is 1. The lowest BCUT2D eigenvalue weighted by atomic mass is 9.85. The normalized spacial score (nSPS) is 17.5. The molecule has 0 radical (unpaired) electrons. The first-order valence-corrected chi connectivity index (χ1v) is 9.59. The third-order valence-corrected chi connectivity index (χ3v) is 5.13. The van der Waals surface area contributed by atoms with E-state index in [4.69, 9.17) is 16.7 Å². The van der Waals surface area contributed by atoms with Crippen LogP contribution in [0, 0.1) is 5.41 Å². The quantitative estimate of drug-likeness (QED) is 0.757. The number of anilines is 1. The maximum atomic E-state index is 12.8. The zero-order valence-electron chi connectivity index (χ0n) is 16.0. The first-order chi connectivity index (χ1) is 12.6. The number of hydrogen-bond donors (Lipinski definition) is 2. The highest BCUT2D eigenvalue weighted by Crippen LogP contribution is 2.28. The standard InChI is InChI=1S/C20H27ClN2O4/c1-13-6-4-5-9-23(13)19(27)15-8-7-14(10-16(15)21)22-17(24)11-20(2,3)12-18(25)26/h7-8,10,13H,4-6,9,11-12H2,1-3H3,(H,22,24)(H,25,26). The number of carbonyl (C=O) groups excluding carboxylic acids is 2. The smallest absolute Gasteiger partial charge is 0.303 e. The third-order valence-electron chi connectivity index (χ3n) is 4.82. The monoisotopic (exact) mass is 394 g/mol. The van der Waals surface area contributed by atoms with Crippen LogP contribution in [0.2, 0.25) is 5.02 Å². The lowest BCUT2D eigenvalue weighted by Gasteiger charge is -2.33. The van der Waals surface area contributed by atoms with Gasteiger partial charge in [-0.2, -0.15) is 0 Å². The van der Waals surface area contributed by atoms with E-state index in [1.54, 1.807) is 32.0 Å². The van der Waals surface area contributed by atoms with E-state index in [0.29, 0.717) is 16.3 Å². The summed E-state index contributed by atoms with van der Waals surface area (Å²) in [4.78, 5) is 37.7. The highest BCUT2D eigenvalue weighted by molar-refractivity contribution is 6.34. The Balaban J connectivity index is 2.04. The number of aliphatic carboxylic acids is 1. The van der Waals surface area contributed by atoms with Crippen LogP contribution in [0.3, 0.4) is 0 Å². The minimum atomic E-state index is -0.939. The Morgan fingerprint density at radius 1 is 1.26 bits per heavy atom. The number of hydrogen-bond acceptors (Lipinski definition) is 3. The van der Waals surface area contributed by atoms with Crippen LogP contribution in [0.4, 0.5) is 5.69 Å². The highest BCUT2D eigenvalue weighted by Gasteiger charge is 2.27. The number of carboxylic acids is 1. The minimum Gasteiger partial charge on any atom is -0.481 e. The molecular formula is C20H27ClN2O4. The molecule has 1 aliphatic heterocycles. The van der Waals surface area contributed by atoms with Crippen molar-refractivity contribution in [2.24, 2.45) is 5.41 Å². The van der Waals surface area contributed by atoms with Crippen LogP contribution in [0.1, 0.15) is 63.2 Å². The van der Waals surface area contributed by atoms with Crippen molar-refractivity contribution in [2.45, 2.75) is 58.9 Å². The van der Waals surface area contributed by atoms with Gasteiger partial charge in [0.25, 0.3) is 5.91 Å². The molecule has 1 saturated heterocycles. The lowest BCUT2D eigenvalue weighted by molar-refractivity contribution is -0.139. The Labute approximate surface area is 164 Å².